The van der Waals surface area contributed by atoms with Crippen molar-refractivity contribution in [3.63, 3.8) is 0 Å². The van der Waals surface area contributed by atoms with Crippen molar-refractivity contribution >= 4 is 6.08 Å². The SMILES string of the molecule is C1=Cc2cc(-c3ccccc3)nnc2C1. The Hall–Kier alpha value is -1.96. The molecule has 2 nitrogen and oxygen atoms in total. The van der Waals surface area contributed by atoms with Crippen LogP contribution in [0.25, 0.3) is 17.3 Å². The van der Waals surface area contributed by atoms with Crippen molar-refractivity contribution in [1.82, 2.24) is 10.2 Å². The zero-order chi connectivity index (χ0) is 10.1. The minimum Gasteiger partial charge on any atom is -0.154 e. The fourth-order valence-electron chi connectivity index (χ4n) is 1.78. The van der Waals surface area contributed by atoms with Crippen LogP contribution in [0.3, 0.4) is 0 Å². The van der Waals surface area contributed by atoms with Crippen molar-refractivity contribution in [2.45, 2.75) is 6.42 Å². The van der Waals surface area contributed by atoms with E-state index in [-0.39, 0.29) is 0 Å². The minimum atomic E-state index is 0.914. The van der Waals surface area contributed by atoms with Gasteiger partial charge in [0.25, 0.3) is 0 Å². The summed E-state index contributed by atoms with van der Waals surface area (Å²) in [5.74, 6) is 0. The zero-order valence-electron chi connectivity index (χ0n) is 8.22. The number of aromatic nitrogens is 2. The maximum Gasteiger partial charge on any atom is 0.0935 e. The molecule has 2 aromatic rings. The maximum atomic E-state index is 4.23. The molecule has 0 bridgehead atoms. The van der Waals surface area contributed by atoms with Gasteiger partial charge in [-0.1, -0.05) is 42.5 Å². The molecule has 1 aliphatic rings. The molecule has 3 rings (SSSR count). The molecular formula is C13H10N2. The molecule has 0 fully saturated rings. The van der Waals surface area contributed by atoms with Gasteiger partial charge in [0, 0.05) is 17.5 Å². The largest absolute Gasteiger partial charge is 0.154 e. The van der Waals surface area contributed by atoms with Crippen LogP contribution in [0.5, 0.6) is 0 Å². The van der Waals surface area contributed by atoms with Gasteiger partial charge in [0.15, 0.2) is 0 Å². The summed E-state index contributed by atoms with van der Waals surface area (Å²) in [5, 5.41) is 8.45. The Morgan fingerprint density at radius 2 is 1.87 bits per heavy atom. The van der Waals surface area contributed by atoms with Crippen LogP contribution in [0.2, 0.25) is 0 Å². The van der Waals surface area contributed by atoms with Gasteiger partial charge in [-0.3, -0.25) is 0 Å². The van der Waals surface area contributed by atoms with E-state index in [1.165, 1.54) is 5.56 Å². The van der Waals surface area contributed by atoms with Crippen LogP contribution in [0, 0.1) is 0 Å². The van der Waals surface area contributed by atoms with Gasteiger partial charge >= 0.3 is 0 Å². The third kappa shape index (κ3) is 1.44. The number of rotatable bonds is 1. The van der Waals surface area contributed by atoms with E-state index in [1.54, 1.807) is 0 Å². The molecule has 0 aliphatic heterocycles. The standard InChI is InChI=1S/C13H10N2/c1-2-5-10(6-3-1)13-9-11-7-4-8-12(11)14-15-13/h1-7,9H,8H2. The maximum absolute atomic E-state index is 4.23. The van der Waals surface area contributed by atoms with Gasteiger partial charge in [0.2, 0.25) is 0 Å². The van der Waals surface area contributed by atoms with Gasteiger partial charge in [-0.15, -0.1) is 0 Å². The molecule has 15 heavy (non-hydrogen) atoms. The Kier molecular flexibility index (Phi) is 1.85. The Morgan fingerprint density at radius 3 is 2.73 bits per heavy atom. The van der Waals surface area contributed by atoms with E-state index >= 15 is 0 Å². The Balaban J connectivity index is 2.11. The smallest absolute Gasteiger partial charge is 0.0935 e. The average Bonchev–Trinajstić information content (AvgIpc) is 2.77. The summed E-state index contributed by atoms with van der Waals surface area (Å²) in [6.07, 6.45) is 5.14. The molecule has 0 saturated heterocycles. The zero-order valence-corrected chi connectivity index (χ0v) is 8.22. The molecule has 0 saturated carbocycles. The number of allylic oxidation sites excluding steroid dienone is 1. The lowest BCUT2D eigenvalue weighted by Gasteiger charge is -2.01. The van der Waals surface area contributed by atoms with Crippen LogP contribution in [0.15, 0.2) is 42.5 Å². The fourth-order valence-corrected chi connectivity index (χ4v) is 1.78. The number of hydrogen-bond acceptors (Lipinski definition) is 2. The lowest BCUT2D eigenvalue weighted by atomic mass is 10.1. The van der Waals surface area contributed by atoms with E-state index in [0.717, 1.165) is 23.4 Å². The second-order valence-corrected chi connectivity index (χ2v) is 3.60. The molecular weight excluding hydrogens is 184 g/mol. The molecule has 1 aromatic heterocycles. The van der Waals surface area contributed by atoms with Crippen molar-refractivity contribution in [2.24, 2.45) is 0 Å². The molecule has 0 N–H and O–H groups in total. The lowest BCUT2D eigenvalue weighted by Crippen LogP contribution is -1.94. The van der Waals surface area contributed by atoms with Gasteiger partial charge in [-0.2, -0.15) is 10.2 Å². The Labute approximate surface area is 88.3 Å². The number of benzene rings is 1. The summed E-state index contributed by atoms with van der Waals surface area (Å²) in [5.41, 5.74) is 4.34. The van der Waals surface area contributed by atoms with Crippen LogP contribution >= 0.6 is 0 Å². The summed E-state index contributed by atoms with van der Waals surface area (Å²) in [6, 6.07) is 12.2. The van der Waals surface area contributed by atoms with Crippen molar-refractivity contribution in [3.05, 3.63) is 53.7 Å². The first-order valence-corrected chi connectivity index (χ1v) is 5.02. The van der Waals surface area contributed by atoms with Crippen molar-refractivity contribution in [3.8, 4) is 11.3 Å². The predicted molar refractivity (Wildman–Crippen MR) is 60.2 cm³/mol. The number of nitrogens with zero attached hydrogens (tertiary/aromatic N) is 2. The highest BCUT2D eigenvalue weighted by atomic mass is 15.1. The third-order valence-corrected chi connectivity index (χ3v) is 2.58. The predicted octanol–water partition coefficient (Wildman–Crippen LogP) is 2.71. The van der Waals surface area contributed by atoms with Gasteiger partial charge in [-0.25, -0.2) is 0 Å². The summed E-state index contributed by atoms with van der Waals surface area (Å²) in [4.78, 5) is 0. The van der Waals surface area contributed by atoms with Crippen molar-refractivity contribution in [2.75, 3.05) is 0 Å². The first-order chi connectivity index (χ1) is 7.43. The monoisotopic (exact) mass is 194 g/mol. The quantitative estimate of drug-likeness (QED) is 0.697. The van der Waals surface area contributed by atoms with E-state index in [2.05, 4.69) is 40.5 Å². The normalized spacial score (nSPS) is 12.8. The number of hydrogen-bond donors (Lipinski definition) is 0. The summed E-state index contributed by atoms with van der Waals surface area (Å²) >= 11 is 0. The van der Waals surface area contributed by atoms with Gasteiger partial charge in [0.05, 0.1) is 11.4 Å². The molecule has 0 radical (unpaired) electrons. The van der Waals surface area contributed by atoms with E-state index in [0.29, 0.717) is 0 Å². The minimum absolute atomic E-state index is 0.914. The molecule has 1 heterocycles. The van der Waals surface area contributed by atoms with E-state index in [1.807, 2.05) is 18.2 Å². The van der Waals surface area contributed by atoms with Crippen molar-refractivity contribution < 1.29 is 0 Å². The average molecular weight is 194 g/mol. The molecule has 1 aromatic carbocycles. The Bertz CT molecular complexity index is 515. The van der Waals surface area contributed by atoms with Crippen molar-refractivity contribution in [1.29, 1.82) is 0 Å². The highest BCUT2D eigenvalue weighted by molar-refractivity contribution is 5.66. The molecule has 0 unspecified atom stereocenters. The van der Waals surface area contributed by atoms with Crippen LogP contribution < -0.4 is 0 Å². The Morgan fingerprint density at radius 1 is 1.00 bits per heavy atom. The molecule has 1 aliphatic carbocycles. The first kappa shape index (κ1) is 8.36. The molecule has 2 heteroatoms. The van der Waals surface area contributed by atoms with E-state index < -0.39 is 0 Å². The highest BCUT2D eigenvalue weighted by Gasteiger charge is 2.08. The third-order valence-electron chi connectivity index (χ3n) is 2.58. The first-order valence-electron chi connectivity index (χ1n) is 5.02. The summed E-state index contributed by atoms with van der Waals surface area (Å²) < 4.78 is 0. The highest BCUT2D eigenvalue weighted by Crippen LogP contribution is 2.22. The summed E-state index contributed by atoms with van der Waals surface area (Å²) in [7, 11) is 0. The van der Waals surface area contributed by atoms with Crippen LogP contribution in [-0.4, -0.2) is 10.2 Å². The molecule has 72 valence electrons. The molecule has 0 atom stereocenters. The van der Waals surface area contributed by atoms with E-state index in [4.69, 9.17) is 0 Å². The fraction of sp³-hybridized carbons (Fsp3) is 0.0769. The molecule has 0 amide bonds. The van der Waals surface area contributed by atoms with Gasteiger partial charge in [0.1, 0.15) is 0 Å². The van der Waals surface area contributed by atoms with Crippen LogP contribution in [0.1, 0.15) is 11.3 Å². The lowest BCUT2D eigenvalue weighted by molar-refractivity contribution is 0.961. The van der Waals surface area contributed by atoms with Crippen LogP contribution in [-0.2, 0) is 6.42 Å². The van der Waals surface area contributed by atoms with Crippen LogP contribution in [0.4, 0.5) is 0 Å². The van der Waals surface area contributed by atoms with Gasteiger partial charge < -0.3 is 0 Å². The number of fused-ring (bicyclic) bond motifs is 1. The second-order valence-electron chi connectivity index (χ2n) is 3.60. The van der Waals surface area contributed by atoms with E-state index in [9.17, 15) is 0 Å². The summed E-state index contributed by atoms with van der Waals surface area (Å²) in [6.45, 7) is 0. The second kappa shape index (κ2) is 3.31. The van der Waals surface area contributed by atoms with Gasteiger partial charge in [-0.05, 0) is 6.07 Å². The molecule has 0 spiro atoms. The topological polar surface area (TPSA) is 25.8 Å².